The van der Waals surface area contributed by atoms with Crippen molar-refractivity contribution in [1.82, 2.24) is 0 Å². The summed E-state index contributed by atoms with van der Waals surface area (Å²) in [6, 6.07) is 108. The van der Waals surface area contributed by atoms with Gasteiger partial charge in [0.05, 0.1) is 22.4 Å². The Labute approximate surface area is 645 Å². The second kappa shape index (κ2) is 26.5. The number of hydrogen-bond acceptors (Lipinski definition) is 7. The van der Waals surface area contributed by atoms with Gasteiger partial charge in [0, 0.05) is 76.1 Å². The van der Waals surface area contributed by atoms with Crippen molar-refractivity contribution in [2.75, 3.05) is 0 Å². The van der Waals surface area contributed by atoms with Crippen LogP contribution in [0.3, 0.4) is 0 Å². The van der Waals surface area contributed by atoms with Gasteiger partial charge in [0.2, 0.25) is 0 Å². The van der Waals surface area contributed by atoms with Gasteiger partial charge in [0.25, 0.3) is 0 Å². The van der Waals surface area contributed by atoms with Gasteiger partial charge >= 0.3 is 14.2 Å². The Bertz CT molecular complexity index is 6660. The molecule has 0 N–H and O–H groups in total. The van der Waals surface area contributed by atoms with Gasteiger partial charge in [0.15, 0.2) is 0 Å². The normalized spacial score (nSPS) is 15.2. The second-order valence-corrected chi connectivity index (χ2v) is 34.1. The summed E-state index contributed by atoms with van der Waals surface area (Å²) in [5.74, 6) is 0. The average Bonchev–Trinajstić information content (AvgIpc) is 1.62. The molecule has 520 valence electrons. The van der Waals surface area contributed by atoms with Crippen LogP contribution in [0.4, 0.5) is 0 Å². The SMILES string of the molecule is Brc1cccc2c1sc1ccccc12.C.CC1(C)OB(c2ccc(-c3c4ccccc4c(B4OC(C)(C)C(C)(C)O4)c4ccccc34)c3ccccc23)OC1(C)C.c1ccc2c(c1)sc1c(-c3ccc(-c4c5ccccc5c(-c5cccc6c5sc5ccccc56)c5ccccc45)c4ccccc34)cccc12. The van der Waals surface area contributed by atoms with E-state index in [2.05, 4.69) is 369 Å². The molecule has 0 aliphatic carbocycles. The van der Waals surface area contributed by atoms with Crippen LogP contribution in [0, 0.1) is 0 Å². The van der Waals surface area contributed by atoms with Gasteiger partial charge in [-0.25, -0.2) is 0 Å². The van der Waals surface area contributed by atoms with Crippen molar-refractivity contribution in [1.29, 1.82) is 0 Å². The van der Waals surface area contributed by atoms with E-state index in [1.165, 1.54) is 158 Å². The highest BCUT2D eigenvalue weighted by molar-refractivity contribution is 9.10. The van der Waals surface area contributed by atoms with Gasteiger partial charge in [-0.15, -0.1) is 34.0 Å². The minimum absolute atomic E-state index is 0. The molecule has 2 fully saturated rings. The van der Waals surface area contributed by atoms with Crippen molar-refractivity contribution in [3.05, 3.63) is 302 Å². The molecular weight excluding hydrogens is 1430 g/mol. The van der Waals surface area contributed by atoms with Crippen molar-refractivity contribution in [2.24, 2.45) is 0 Å². The van der Waals surface area contributed by atoms with Gasteiger partial charge < -0.3 is 18.6 Å². The van der Waals surface area contributed by atoms with Gasteiger partial charge in [-0.1, -0.05) is 280 Å². The van der Waals surface area contributed by atoms with Crippen molar-refractivity contribution in [3.63, 3.8) is 0 Å². The Morgan fingerprint density at radius 3 is 0.963 bits per heavy atom. The number of fused-ring (bicyclic) bond motifs is 15. The Kier molecular flexibility index (Phi) is 17.1. The van der Waals surface area contributed by atoms with Crippen LogP contribution >= 0.6 is 49.9 Å². The van der Waals surface area contributed by atoms with E-state index in [4.69, 9.17) is 18.6 Å². The molecule has 21 rings (SSSR count). The zero-order chi connectivity index (χ0) is 72.0. The molecule has 0 radical (unpaired) electrons. The lowest BCUT2D eigenvalue weighted by molar-refractivity contribution is 0.00578. The molecule has 107 heavy (non-hydrogen) atoms. The van der Waals surface area contributed by atoms with E-state index in [9.17, 15) is 0 Å². The van der Waals surface area contributed by atoms with Gasteiger partial charge in [-0.05, 0) is 205 Å². The van der Waals surface area contributed by atoms with Gasteiger partial charge in [-0.2, -0.15) is 0 Å². The predicted molar refractivity (Wildman–Crippen MR) is 471 cm³/mol. The highest BCUT2D eigenvalue weighted by Crippen LogP contribution is 2.52. The lowest BCUT2D eigenvalue weighted by atomic mass is 9.70. The number of rotatable bonds is 6. The van der Waals surface area contributed by atoms with Crippen LogP contribution in [-0.4, -0.2) is 36.6 Å². The molecule has 4 nitrogen and oxygen atoms in total. The van der Waals surface area contributed by atoms with Crippen LogP contribution in [0.5, 0.6) is 0 Å². The minimum atomic E-state index is -0.471. The average molecular weight is 1500 g/mol. The molecule has 0 amide bonds. The Morgan fingerprint density at radius 1 is 0.234 bits per heavy atom. The summed E-state index contributed by atoms with van der Waals surface area (Å²) in [5.41, 5.74) is 10.6. The topological polar surface area (TPSA) is 36.9 Å². The standard InChI is InChI=1S/C48H28S2.C36H38B2O4.C12H7BrS.CH4/c1-2-14-30-29(13-1)31(39-21-11-22-40-32-15-7-9-25-43(32)49-47(39)40)27-28-38(30)45-34-17-3-5-19-36(34)46(37-20-6-4-18-35(37)45)42-24-12-23-41-33-16-8-10-26-44(33)50-48(41)42;1-33(2)34(3,4)40-37(39-33)30-22-21-27(23-15-9-10-16-24(23)30)31-25-17-11-13-19-28(25)32(29-20-14-12-18-26(29)31)38-41-35(5,6)36(7,8)42-38;13-10-6-3-5-9-8-4-1-2-7-11(8)14-12(9)10;/h1-28H;9-22H,1-8H3;1-7H;1H4. The van der Waals surface area contributed by atoms with Crippen LogP contribution < -0.4 is 10.9 Å². The van der Waals surface area contributed by atoms with Crippen LogP contribution in [0.25, 0.3) is 170 Å². The van der Waals surface area contributed by atoms with Crippen molar-refractivity contribution < 1.29 is 18.6 Å². The summed E-state index contributed by atoms with van der Waals surface area (Å²) in [6.45, 7) is 16.8. The summed E-state index contributed by atoms with van der Waals surface area (Å²) in [6.07, 6.45) is 0. The Balaban J connectivity index is 0.000000128. The Morgan fingerprint density at radius 2 is 0.514 bits per heavy atom. The maximum Gasteiger partial charge on any atom is 0.496 e. The summed E-state index contributed by atoms with van der Waals surface area (Å²) in [4.78, 5) is 0. The third-order valence-corrected chi connectivity index (χ3v) is 27.6. The second-order valence-electron chi connectivity index (χ2n) is 30.1. The van der Waals surface area contributed by atoms with E-state index in [1.807, 2.05) is 34.0 Å². The van der Waals surface area contributed by atoms with Gasteiger partial charge in [-0.3, -0.25) is 0 Å². The molecule has 3 aromatic heterocycles. The summed E-state index contributed by atoms with van der Waals surface area (Å²) < 4.78 is 35.5. The van der Waals surface area contributed by atoms with E-state index in [-0.39, 0.29) is 7.43 Å². The fraction of sp³-hybridized carbons (Fsp3) is 0.134. The summed E-state index contributed by atoms with van der Waals surface area (Å²) in [5, 5.41) is 22.7. The van der Waals surface area contributed by atoms with Crippen LogP contribution in [0.2, 0.25) is 0 Å². The third kappa shape index (κ3) is 11.3. The molecule has 2 saturated heterocycles. The fourth-order valence-corrected chi connectivity index (χ4v) is 20.6. The molecule has 0 atom stereocenters. The molecule has 16 aromatic carbocycles. The van der Waals surface area contributed by atoms with Crippen molar-refractivity contribution in [3.8, 4) is 44.5 Å². The molecule has 10 heteroatoms. The lowest BCUT2D eigenvalue weighted by Crippen LogP contribution is -2.41. The zero-order valence-electron chi connectivity index (χ0n) is 60.2. The third-order valence-electron chi connectivity index (χ3n) is 23.0. The maximum atomic E-state index is 6.64. The minimum Gasteiger partial charge on any atom is -0.399 e. The number of hydrogen-bond donors (Lipinski definition) is 0. The molecule has 0 saturated carbocycles. The predicted octanol–water partition coefficient (Wildman–Crippen LogP) is 27.7. The molecule has 2 aliphatic heterocycles. The van der Waals surface area contributed by atoms with E-state index in [1.54, 1.807) is 0 Å². The lowest BCUT2D eigenvalue weighted by Gasteiger charge is -2.32. The van der Waals surface area contributed by atoms with E-state index in [0.717, 1.165) is 27.1 Å². The van der Waals surface area contributed by atoms with E-state index in [0.29, 0.717) is 0 Å². The quantitative estimate of drug-likeness (QED) is 0.123. The highest BCUT2D eigenvalue weighted by Gasteiger charge is 2.54. The monoisotopic (exact) mass is 1500 g/mol. The molecule has 0 spiro atoms. The first-order valence-electron chi connectivity index (χ1n) is 36.5. The summed E-state index contributed by atoms with van der Waals surface area (Å²) >= 11 is 9.23. The number of thiophene rings is 3. The van der Waals surface area contributed by atoms with Gasteiger partial charge in [0.1, 0.15) is 0 Å². The number of halogens is 1. The van der Waals surface area contributed by atoms with E-state index >= 15 is 0 Å². The first kappa shape index (κ1) is 69.0. The maximum absolute atomic E-state index is 6.64. The summed E-state index contributed by atoms with van der Waals surface area (Å²) in [7, 11) is -0.908. The molecule has 0 bridgehead atoms. The fourth-order valence-electron chi connectivity index (χ4n) is 16.5. The molecular formula is C97H77B2BrO4S3. The molecule has 5 heterocycles. The highest BCUT2D eigenvalue weighted by atomic mass is 79.9. The first-order chi connectivity index (χ1) is 51.5. The Hall–Kier alpha value is -9.81. The van der Waals surface area contributed by atoms with Crippen LogP contribution in [0.15, 0.2) is 302 Å². The molecule has 0 unspecified atom stereocenters. The number of benzene rings is 16. The molecule has 2 aliphatic rings. The van der Waals surface area contributed by atoms with Crippen molar-refractivity contribution >= 4 is 200 Å². The van der Waals surface area contributed by atoms with E-state index < -0.39 is 36.6 Å². The van der Waals surface area contributed by atoms with Crippen molar-refractivity contribution in [2.45, 2.75) is 85.2 Å². The van der Waals surface area contributed by atoms with Crippen LogP contribution in [-0.2, 0) is 18.6 Å². The first-order valence-corrected chi connectivity index (χ1v) is 39.7. The van der Waals surface area contributed by atoms with Crippen LogP contribution in [0.1, 0.15) is 62.8 Å². The zero-order valence-corrected chi connectivity index (χ0v) is 64.2. The smallest absolute Gasteiger partial charge is 0.399 e. The molecule has 19 aromatic rings. The largest absolute Gasteiger partial charge is 0.496 e.